The first kappa shape index (κ1) is 21.7. The van der Waals surface area contributed by atoms with E-state index in [4.69, 9.17) is 0 Å². The molecule has 8 atom stereocenters. The fourth-order valence-electron chi connectivity index (χ4n) is 8.41. The minimum Gasteiger partial charge on any atom is -0.393 e. The van der Waals surface area contributed by atoms with Crippen LogP contribution in [0.3, 0.4) is 0 Å². The van der Waals surface area contributed by atoms with Gasteiger partial charge in [0.15, 0.2) is 9.84 Å². The summed E-state index contributed by atoms with van der Waals surface area (Å²) < 4.78 is 26.1. The number of sulfone groups is 1. The maximum atomic E-state index is 13.0. The van der Waals surface area contributed by atoms with Gasteiger partial charge in [0.25, 0.3) is 0 Å². The molecule has 4 aliphatic carbocycles. The molecule has 0 bridgehead atoms. The number of fused-ring (bicyclic) bond motifs is 5. The van der Waals surface area contributed by atoms with Crippen LogP contribution in [0.5, 0.6) is 0 Å². The van der Waals surface area contributed by atoms with Crippen LogP contribution in [0.25, 0.3) is 0 Å². The molecule has 3 nitrogen and oxygen atoms in total. The van der Waals surface area contributed by atoms with Gasteiger partial charge in [0.1, 0.15) is 0 Å². The van der Waals surface area contributed by atoms with Crippen molar-refractivity contribution in [3.8, 4) is 0 Å². The molecule has 0 saturated heterocycles. The van der Waals surface area contributed by atoms with Crippen molar-refractivity contribution in [2.45, 2.75) is 76.2 Å². The van der Waals surface area contributed by atoms with Crippen LogP contribution < -0.4 is 0 Å². The minimum absolute atomic E-state index is 0.129. The van der Waals surface area contributed by atoms with E-state index in [1.54, 1.807) is 17.7 Å². The highest BCUT2D eigenvalue weighted by molar-refractivity contribution is 7.91. The molecule has 0 heterocycles. The Labute approximate surface area is 188 Å². The van der Waals surface area contributed by atoms with Crippen LogP contribution in [0, 0.1) is 40.9 Å². The molecule has 1 aromatic carbocycles. The maximum absolute atomic E-state index is 13.0. The topological polar surface area (TPSA) is 54.4 Å². The average molecular weight is 443 g/mol. The Morgan fingerprint density at radius 1 is 1.06 bits per heavy atom. The van der Waals surface area contributed by atoms with Gasteiger partial charge in [0.05, 0.1) is 16.8 Å². The normalized spacial score (nSPS) is 40.9. The van der Waals surface area contributed by atoms with Crippen LogP contribution in [0.4, 0.5) is 0 Å². The van der Waals surface area contributed by atoms with Crippen molar-refractivity contribution in [2.75, 3.05) is 5.75 Å². The molecule has 3 fully saturated rings. The van der Waals surface area contributed by atoms with Gasteiger partial charge in [-0.25, -0.2) is 8.42 Å². The first-order valence-corrected chi connectivity index (χ1v) is 14.1. The zero-order valence-corrected chi connectivity index (χ0v) is 19.9. The fourth-order valence-corrected chi connectivity index (χ4v) is 10.1. The lowest BCUT2D eigenvalue weighted by Crippen LogP contribution is -2.47. The second kappa shape index (κ2) is 8.02. The van der Waals surface area contributed by atoms with Gasteiger partial charge in [-0.15, -0.1) is 0 Å². The smallest absolute Gasteiger partial charge is 0.178 e. The molecular formula is C27H38O3S. The predicted molar refractivity (Wildman–Crippen MR) is 124 cm³/mol. The van der Waals surface area contributed by atoms with Crippen LogP contribution in [0.1, 0.15) is 65.2 Å². The summed E-state index contributed by atoms with van der Waals surface area (Å²) in [5, 5.41) is 10.1. The Balaban J connectivity index is 1.34. The van der Waals surface area contributed by atoms with Gasteiger partial charge in [-0.05, 0) is 104 Å². The van der Waals surface area contributed by atoms with E-state index in [1.807, 2.05) is 18.2 Å². The number of allylic oxidation sites excluding steroid dienone is 1. The molecule has 31 heavy (non-hydrogen) atoms. The molecule has 3 saturated carbocycles. The van der Waals surface area contributed by atoms with Crippen LogP contribution in [-0.4, -0.2) is 25.4 Å². The van der Waals surface area contributed by atoms with Crippen LogP contribution in [0.2, 0.25) is 0 Å². The largest absolute Gasteiger partial charge is 0.393 e. The summed E-state index contributed by atoms with van der Waals surface area (Å²) in [6.45, 7) is 4.67. The lowest BCUT2D eigenvalue weighted by atomic mass is 9.51. The van der Waals surface area contributed by atoms with Crippen molar-refractivity contribution in [3.63, 3.8) is 0 Å². The van der Waals surface area contributed by atoms with Gasteiger partial charge >= 0.3 is 0 Å². The van der Waals surface area contributed by atoms with E-state index in [2.05, 4.69) is 19.9 Å². The molecule has 1 N–H and O–H groups in total. The van der Waals surface area contributed by atoms with E-state index in [-0.39, 0.29) is 23.2 Å². The van der Waals surface area contributed by atoms with Crippen LogP contribution in [-0.2, 0) is 9.84 Å². The van der Waals surface area contributed by atoms with E-state index in [9.17, 15) is 13.5 Å². The van der Waals surface area contributed by atoms with Crippen molar-refractivity contribution in [1.29, 1.82) is 0 Å². The first-order chi connectivity index (χ1) is 14.8. The molecular weight excluding hydrogens is 404 g/mol. The molecule has 170 valence electrons. The highest BCUT2D eigenvalue weighted by Gasteiger charge is 2.56. The summed E-state index contributed by atoms with van der Waals surface area (Å²) in [4.78, 5) is 0.467. The number of aliphatic hydroxyl groups is 1. The fraction of sp³-hybridized carbons (Fsp3) is 0.704. The third-order valence-electron chi connectivity index (χ3n) is 9.76. The number of aliphatic hydroxyl groups excluding tert-OH is 1. The van der Waals surface area contributed by atoms with Gasteiger partial charge < -0.3 is 5.11 Å². The molecule has 4 aliphatic rings. The molecule has 0 aliphatic heterocycles. The lowest BCUT2D eigenvalue weighted by molar-refractivity contribution is -0.0266. The summed E-state index contributed by atoms with van der Waals surface area (Å²) in [5.41, 5.74) is 1.81. The molecule has 0 amide bonds. The highest BCUT2D eigenvalue weighted by atomic mass is 32.2. The van der Waals surface area contributed by atoms with Crippen molar-refractivity contribution >= 4 is 9.84 Å². The molecule has 6 unspecified atom stereocenters. The molecule has 0 spiro atoms. The van der Waals surface area contributed by atoms with E-state index in [1.165, 1.54) is 32.1 Å². The Morgan fingerprint density at radius 2 is 1.84 bits per heavy atom. The predicted octanol–water partition coefficient (Wildman–Crippen LogP) is 5.65. The minimum atomic E-state index is -3.24. The first-order valence-electron chi connectivity index (χ1n) is 12.4. The molecule has 0 radical (unpaired) electrons. The number of hydrogen-bond donors (Lipinski definition) is 1. The second-order valence-electron chi connectivity index (χ2n) is 11.3. The second-order valence-corrected chi connectivity index (χ2v) is 13.3. The van der Waals surface area contributed by atoms with Crippen LogP contribution >= 0.6 is 0 Å². The monoisotopic (exact) mass is 442 g/mol. The Morgan fingerprint density at radius 3 is 2.61 bits per heavy atom. The summed E-state index contributed by atoms with van der Waals surface area (Å²) >= 11 is 0. The van der Waals surface area contributed by atoms with E-state index < -0.39 is 9.84 Å². The zero-order valence-electron chi connectivity index (χ0n) is 19.0. The van der Waals surface area contributed by atoms with Crippen molar-refractivity contribution in [1.82, 2.24) is 0 Å². The zero-order chi connectivity index (χ0) is 21.8. The molecule has 5 rings (SSSR count). The summed E-state index contributed by atoms with van der Waals surface area (Å²) in [7, 11) is -3.24. The third kappa shape index (κ3) is 3.72. The maximum Gasteiger partial charge on any atom is 0.178 e. The Kier molecular flexibility index (Phi) is 5.62. The summed E-state index contributed by atoms with van der Waals surface area (Å²) in [5.74, 6) is 3.91. The molecule has 4 heteroatoms. The van der Waals surface area contributed by atoms with Gasteiger partial charge in [0, 0.05) is 0 Å². The van der Waals surface area contributed by atoms with Gasteiger partial charge in [-0.2, -0.15) is 0 Å². The van der Waals surface area contributed by atoms with E-state index in [0.29, 0.717) is 16.7 Å². The van der Waals surface area contributed by atoms with Gasteiger partial charge in [-0.1, -0.05) is 43.7 Å². The average Bonchev–Trinajstić information content (AvgIpc) is 3.11. The summed E-state index contributed by atoms with van der Waals surface area (Å²) in [6.07, 6.45) is 11.5. The SMILES string of the molecule is C[C@H](CS(=O)(=O)c1ccccc1)[C@H]1CCC2C3CC=C4CC(O)CCC4C3CCC21C. The van der Waals surface area contributed by atoms with Gasteiger partial charge in [0.2, 0.25) is 0 Å². The molecule has 1 aromatic rings. The standard InChI is InChI=1S/C27H38O3S/c1-18(17-31(29,30)21-6-4-3-5-7-21)25-12-13-26-24-10-8-19-16-20(28)9-11-22(19)23(24)14-15-27(25,26)2/h3-8,18,20,22-26,28H,9-17H2,1-2H3/t18-,20?,22?,23?,24?,25-,26?,27?/m1/s1. The van der Waals surface area contributed by atoms with Gasteiger partial charge in [-0.3, -0.25) is 0 Å². The lowest BCUT2D eigenvalue weighted by Gasteiger charge is -2.54. The van der Waals surface area contributed by atoms with Crippen molar-refractivity contribution in [3.05, 3.63) is 42.0 Å². The quantitative estimate of drug-likeness (QED) is 0.613. The number of hydrogen-bond acceptors (Lipinski definition) is 3. The number of rotatable bonds is 4. The van der Waals surface area contributed by atoms with Crippen molar-refractivity contribution < 1.29 is 13.5 Å². The van der Waals surface area contributed by atoms with E-state index >= 15 is 0 Å². The van der Waals surface area contributed by atoms with Crippen LogP contribution in [0.15, 0.2) is 46.9 Å². The molecule has 0 aromatic heterocycles. The van der Waals surface area contributed by atoms with E-state index in [0.717, 1.165) is 37.0 Å². The number of benzene rings is 1. The Bertz CT molecular complexity index is 936. The van der Waals surface area contributed by atoms with Crippen molar-refractivity contribution in [2.24, 2.45) is 40.9 Å². The highest BCUT2D eigenvalue weighted by Crippen LogP contribution is 2.64. The summed E-state index contributed by atoms with van der Waals surface area (Å²) in [6, 6.07) is 8.99. The Hall–Kier alpha value is -1.13. The third-order valence-corrected chi connectivity index (χ3v) is 11.7.